The van der Waals surface area contributed by atoms with E-state index in [-0.39, 0.29) is 24.0 Å². The molecular weight excluding hydrogens is 334 g/mol. The van der Waals surface area contributed by atoms with E-state index < -0.39 is 23.4 Å². The first-order chi connectivity index (χ1) is 11.3. The minimum atomic E-state index is -0.714. The maximum absolute atomic E-state index is 12.1. The summed E-state index contributed by atoms with van der Waals surface area (Å²) in [6.45, 7) is 4.56. The number of carbonyl (C=O) groups excluding carboxylic acids is 3. The Hall–Kier alpha value is -2.22. The molecule has 0 spiro atoms. The number of phenols is 1. The van der Waals surface area contributed by atoms with E-state index in [1.54, 1.807) is 6.92 Å². The Morgan fingerprint density at radius 2 is 2.04 bits per heavy atom. The molecule has 130 valence electrons. The number of amides is 1. The zero-order valence-corrected chi connectivity index (χ0v) is 14.5. The van der Waals surface area contributed by atoms with Crippen molar-refractivity contribution in [1.82, 2.24) is 4.90 Å². The number of carbonyl (C=O) groups is 3. The van der Waals surface area contributed by atoms with Gasteiger partial charge in [-0.15, -0.1) is 11.8 Å². The lowest BCUT2D eigenvalue weighted by atomic mass is 10.1. The zero-order chi connectivity index (χ0) is 17.9. The number of hydrogen-bond acceptors (Lipinski definition) is 7. The molecule has 0 saturated carbocycles. The SMILES string of the molecule is CCOC(=O)C1CSC(c2cc(OC(C)=O)ccc2O)N1C(C)=O. The van der Waals surface area contributed by atoms with Gasteiger partial charge >= 0.3 is 11.9 Å². The average Bonchev–Trinajstić information content (AvgIpc) is 2.94. The molecular formula is C16H19NO6S. The molecule has 1 aromatic carbocycles. The predicted molar refractivity (Wildman–Crippen MR) is 87.6 cm³/mol. The molecule has 2 unspecified atom stereocenters. The van der Waals surface area contributed by atoms with Crippen molar-refractivity contribution in [3.63, 3.8) is 0 Å². The van der Waals surface area contributed by atoms with Crippen LogP contribution in [0.3, 0.4) is 0 Å². The van der Waals surface area contributed by atoms with E-state index in [2.05, 4.69) is 0 Å². The van der Waals surface area contributed by atoms with E-state index in [0.717, 1.165) is 0 Å². The minimum Gasteiger partial charge on any atom is -0.508 e. The number of thioether (sulfide) groups is 1. The van der Waals surface area contributed by atoms with E-state index in [1.807, 2.05) is 0 Å². The summed E-state index contributed by atoms with van der Waals surface area (Å²) in [6.07, 6.45) is 0. The fourth-order valence-corrected chi connectivity index (χ4v) is 4.00. The molecule has 0 radical (unpaired) electrons. The van der Waals surface area contributed by atoms with Gasteiger partial charge in [-0.3, -0.25) is 9.59 Å². The fraction of sp³-hybridized carbons (Fsp3) is 0.438. The summed E-state index contributed by atoms with van der Waals surface area (Å²) in [4.78, 5) is 36.6. The molecule has 0 bridgehead atoms. The van der Waals surface area contributed by atoms with Crippen molar-refractivity contribution in [1.29, 1.82) is 0 Å². The highest BCUT2D eigenvalue weighted by Gasteiger charge is 2.42. The van der Waals surface area contributed by atoms with E-state index in [4.69, 9.17) is 9.47 Å². The Balaban J connectivity index is 2.35. The Kier molecular flexibility index (Phi) is 5.71. The number of esters is 2. The zero-order valence-electron chi connectivity index (χ0n) is 13.6. The summed E-state index contributed by atoms with van der Waals surface area (Å²) in [5.41, 5.74) is 0.403. The molecule has 1 amide bonds. The van der Waals surface area contributed by atoms with Gasteiger partial charge in [0.2, 0.25) is 5.91 Å². The Morgan fingerprint density at radius 3 is 2.62 bits per heavy atom. The summed E-state index contributed by atoms with van der Waals surface area (Å²) in [5, 5.41) is 9.59. The van der Waals surface area contributed by atoms with Gasteiger partial charge in [-0.1, -0.05) is 0 Å². The highest BCUT2D eigenvalue weighted by Crippen LogP contribution is 2.45. The summed E-state index contributed by atoms with van der Waals surface area (Å²) in [6, 6.07) is 3.64. The van der Waals surface area contributed by atoms with Crippen molar-refractivity contribution in [2.24, 2.45) is 0 Å². The van der Waals surface area contributed by atoms with Crippen LogP contribution in [0.2, 0.25) is 0 Å². The maximum Gasteiger partial charge on any atom is 0.329 e. The number of nitrogens with zero attached hydrogens (tertiary/aromatic N) is 1. The second-order valence-corrected chi connectivity index (χ2v) is 6.31. The Labute approximate surface area is 143 Å². The standard InChI is InChI=1S/C16H19NO6S/c1-4-22-16(21)13-8-24-15(17(13)9(2)18)12-7-11(23-10(3)19)5-6-14(12)20/h5-7,13,15,20H,4,8H2,1-3H3. The lowest BCUT2D eigenvalue weighted by Crippen LogP contribution is -2.42. The molecule has 7 nitrogen and oxygen atoms in total. The first-order valence-corrected chi connectivity index (χ1v) is 8.48. The van der Waals surface area contributed by atoms with Gasteiger partial charge in [0.25, 0.3) is 0 Å². The van der Waals surface area contributed by atoms with Crippen molar-refractivity contribution >= 4 is 29.6 Å². The van der Waals surface area contributed by atoms with Crippen molar-refractivity contribution < 1.29 is 29.0 Å². The van der Waals surface area contributed by atoms with Crippen LogP contribution in [0, 0.1) is 0 Å². The molecule has 1 aliphatic rings. The Morgan fingerprint density at radius 1 is 1.33 bits per heavy atom. The van der Waals surface area contributed by atoms with Crippen LogP contribution >= 0.6 is 11.8 Å². The van der Waals surface area contributed by atoms with Crippen LogP contribution in [-0.2, 0) is 19.1 Å². The number of rotatable bonds is 4. The van der Waals surface area contributed by atoms with Crippen LogP contribution in [0.5, 0.6) is 11.5 Å². The normalized spacial score (nSPS) is 19.9. The topological polar surface area (TPSA) is 93.1 Å². The molecule has 1 aromatic rings. The minimum absolute atomic E-state index is 0.0424. The van der Waals surface area contributed by atoms with Gasteiger partial charge < -0.3 is 19.5 Å². The number of phenolic OH excluding ortho intramolecular Hbond substituents is 1. The van der Waals surface area contributed by atoms with Gasteiger partial charge in [-0.05, 0) is 25.1 Å². The van der Waals surface area contributed by atoms with Crippen LogP contribution in [0.4, 0.5) is 0 Å². The predicted octanol–water partition coefficient (Wildman–Crippen LogP) is 1.84. The molecule has 0 aliphatic carbocycles. The monoisotopic (exact) mass is 353 g/mol. The number of aromatic hydroxyl groups is 1. The van der Waals surface area contributed by atoms with Crippen molar-refractivity contribution in [3.8, 4) is 11.5 Å². The molecule has 2 rings (SSSR count). The third-order valence-corrected chi connectivity index (χ3v) is 4.75. The van der Waals surface area contributed by atoms with E-state index in [1.165, 1.54) is 48.7 Å². The highest BCUT2D eigenvalue weighted by molar-refractivity contribution is 7.99. The second kappa shape index (κ2) is 7.57. The van der Waals surface area contributed by atoms with E-state index in [0.29, 0.717) is 11.3 Å². The molecule has 0 aromatic heterocycles. The third kappa shape index (κ3) is 3.81. The molecule has 8 heteroatoms. The van der Waals surface area contributed by atoms with Gasteiger partial charge in [0, 0.05) is 25.2 Å². The molecule has 1 fully saturated rings. The van der Waals surface area contributed by atoms with Gasteiger partial charge in [-0.2, -0.15) is 0 Å². The van der Waals surface area contributed by atoms with Crippen molar-refractivity contribution in [2.45, 2.75) is 32.2 Å². The Bertz CT molecular complexity index is 662. The third-order valence-electron chi connectivity index (χ3n) is 3.45. The summed E-state index contributed by atoms with van der Waals surface area (Å²) < 4.78 is 10.0. The van der Waals surface area contributed by atoms with Gasteiger partial charge in [0.1, 0.15) is 22.9 Å². The summed E-state index contributed by atoms with van der Waals surface area (Å²) >= 11 is 1.34. The van der Waals surface area contributed by atoms with E-state index >= 15 is 0 Å². The molecule has 1 aliphatic heterocycles. The van der Waals surface area contributed by atoms with Crippen molar-refractivity contribution in [2.75, 3.05) is 12.4 Å². The lowest BCUT2D eigenvalue weighted by Gasteiger charge is -2.27. The maximum atomic E-state index is 12.1. The number of benzene rings is 1. The number of ether oxygens (including phenoxy) is 2. The smallest absolute Gasteiger partial charge is 0.329 e. The van der Waals surface area contributed by atoms with E-state index in [9.17, 15) is 19.5 Å². The van der Waals surface area contributed by atoms with Gasteiger partial charge in [0.15, 0.2) is 0 Å². The molecule has 1 saturated heterocycles. The van der Waals surface area contributed by atoms with Crippen LogP contribution in [0.15, 0.2) is 18.2 Å². The largest absolute Gasteiger partial charge is 0.508 e. The second-order valence-electron chi connectivity index (χ2n) is 5.19. The fourth-order valence-electron chi connectivity index (χ4n) is 2.51. The quantitative estimate of drug-likeness (QED) is 0.652. The summed E-state index contributed by atoms with van der Waals surface area (Å²) in [5.74, 6) is -0.685. The first kappa shape index (κ1) is 18.1. The van der Waals surface area contributed by atoms with Gasteiger partial charge in [-0.25, -0.2) is 4.79 Å². The molecule has 1 N–H and O–H groups in total. The number of hydrogen-bond donors (Lipinski definition) is 1. The van der Waals surface area contributed by atoms with Crippen LogP contribution < -0.4 is 4.74 Å². The van der Waals surface area contributed by atoms with Crippen molar-refractivity contribution in [3.05, 3.63) is 23.8 Å². The lowest BCUT2D eigenvalue weighted by molar-refractivity contribution is -0.153. The van der Waals surface area contributed by atoms with Gasteiger partial charge in [0.05, 0.1) is 6.61 Å². The van der Waals surface area contributed by atoms with Crippen LogP contribution in [-0.4, -0.2) is 46.3 Å². The molecule has 2 atom stereocenters. The average molecular weight is 353 g/mol. The van der Waals surface area contributed by atoms with Crippen LogP contribution in [0.25, 0.3) is 0 Å². The highest BCUT2D eigenvalue weighted by atomic mass is 32.2. The molecule has 24 heavy (non-hydrogen) atoms. The first-order valence-electron chi connectivity index (χ1n) is 7.43. The van der Waals surface area contributed by atoms with Crippen LogP contribution in [0.1, 0.15) is 31.7 Å². The summed E-state index contributed by atoms with van der Waals surface area (Å²) in [7, 11) is 0. The molecule has 1 heterocycles.